The Hall–Kier alpha value is -4.11. The molecule has 4 aromatic carbocycles. The summed E-state index contributed by atoms with van der Waals surface area (Å²) in [6.45, 7) is 4.52. The van der Waals surface area contributed by atoms with Gasteiger partial charge in [-0.2, -0.15) is 0 Å². The van der Waals surface area contributed by atoms with Crippen LogP contribution in [0.4, 0.5) is 0 Å². The highest BCUT2D eigenvalue weighted by molar-refractivity contribution is 6.07. The van der Waals surface area contributed by atoms with Crippen molar-refractivity contribution < 1.29 is 14.3 Å². The highest BCUT2D eigenvalue weighted by Gasteiger charge is 2.24. The Morgan fingerprint density at radius 1 is 0.879 bits per heavy atom. The van der Waals surface area contributed by atoms with Crippen LogP contribution in [-0.4, -0.2) is 5.97 Å². The van der Waals surface area contributed by atoms with Gasteiger partial charge in [-0.25, -0.2) is 4.79 Å². The predicted octanol–water partition coefficient (Wildman–Crippen LogP) is 7.02. The maximum Gasteiger partial charge on any atom is 0.343 e. The Bertz CT molecular complexity index is 1410. The Morgan fingerprint density at radius 2 is 1.67 bits per heavy atom. The molecule has 1 aliphatic heterocycles. The largest absolute Gasteiger partial charge is 0.488 e. The van der Waals surface area contributed by atoms with E-state index in [1.807, 2.05) is 91.9 Å². The number of hydrogen-bond donors (Lipinski definition) is 0. The maximum absolute atomic E-state index is 12.8. The molecule has 3 heteroatoms. The molecule has 0 amide bonds. The lowest BCUT2D eigenvalue weighted by atomic mass is 10.0. The number of hydrogen-bond acceptors (Lipinski definition) is 3. The van der Waals surface area contributed by atoms with Gasteiger partial charge in [0.15, 0.2) is 0 Å². The van der Waals surface area contributed by atoms with E-state index in [2.05, 4.69) is 19.1 Å². The first-order chi connectivity index (χ1) is 16.1. The van der Waals surface area contributed by atoms with Gasteiger partial charge in [0.25, 0.3) is 0 Å². The third kappa shape index (κ3) is 4.31. The van der Waals surface area contributed by atoms with Crippen molar-refractivity contribution in [2.45, 2.75) is 20.5 Å². The lowest BCUT2D eigenvalue weighted by molar-refractivity contribution is -0.130. The number of aryl methyl sites for hydroxylation is 2. The number of fused-ring (bicyclic) bond motifs is 1. The average Bonchev–Trinajstić information content (AvgIpc) is 3.19. The van der Waals surface area contributed by atoms with Crippen LogP contribution in [0.2, 0.25) is 0 Å². The summed E-state index contributed by atoms with van der Waals surface area (Å²) in [6, 6.07) is 28.3. The van der Waals surface area contributed by atoms with E-state index < -0.39 is 0 Å². The first kappa shape index (κ1) is 20.8. The van der Waals surface area contributed by atoms with Gasteiger partial charge in [0.1, 0.15) is 18.1 Å². The first-order valence-electron chi connectivity index (χ1n) is 11.0. The van der Waals surface area contributed by atoms with E-state index in [0.717, 1.165) is 38.8 Å². The quantitative estimate of drug-likeness (QED) is 0.251. The van der Waals surface area contributed by atoms with E-state index in [0.29, 0.717) is 17.9 Å². The number of carbonyl (C=O) groups excluding carboxylic acids is 1. The van der Waals surface area contributed by atoms with Gasteiger partial charge in [-0.3, -0.25) is 0 Å². The highest BCUT2D eigenvalue weighted by Crippen LogP contribution is 2.34. The molecule has 0 saturated carbocycles. The van der Waals surface area contributed by atoms with E-state index in [1.54, 1.807) is 0 Å². The normalized spacial score (nSPS) is 14.4. The number of rotatable bonds is 5. The summed E-state index contributed by atoms with van der Waals surface area (Å²) in [4.78, 5) is 12.8. The molecule has 0 spiro atoms. The van der Waals surface area contributed by atoms with Crippen molar-refractivity contribution in [3.8, 4) is 5.75 Å². The van der Waals surface area contributed by atoms with Crippen LogP contribution < -0.4 is 4.74 Å². The number of carbonyl (C=O) groups is 1. The van der Waals surface area contributed by atoms with Crippen molar-refractivity contribution in [2.24, 2.45) is 0 Å². The van der Waals surface area contributed by atoms with Crippen molar-refractivity contribution >= 4 is 28.6 Å². The fourth-order valence-electron chi connectivity index (χ4n) is 4.15. The number of cyclic esters (lactones) is 1. The molecule has 4 aromatic rings. The van der Waals surface area contributed by atoms with Crippen LogP contribution in [0.15, 0.2) is 96.6 Å². The number of esters is 1. The molecule has 0 N–H and O–H groups in total. The summed E-state index contributed by atoms with van der Waals surface area (Å²) in [5, 5.41) is 2.11. The van der Waals surface area contributed by atoms with Gasteiger partial charge in [0.2, 0.25) is 0 Å². The van der Waals surface area contributed by atoms with E-state index >= 15 is 0 Å². The summed E-state index contributed by atoms with van der Waals surface area (Å²) < 4.78 is 11.9. The van der Waals surface area contributed by atoms with Crippen LogP contribution in [0.3, 0.4) is 0 Å². The molecule has 0 bridgehead atoms. The Balaban J connectivity index is 1.56. The summed E-state index contributed by atoms with van der Waals surface area (Å²) in [6.07, 6.45) is 3.70. The van der Waals surface area contributed by atoms with Gasteiger partial charge in [-0.1, -0.05) is 84.4 Å². The monoisotopic (exact) mass is 432 g/mol. The number of benzene rings is 4. The summed E-state index contributed by atoms with van der Waals surface area (Å²) in [5.41, 5.74) is 5.64. The van der Waals surface area contributed by atoms with Gasteiger partial charge < -0.3 is 9.47 Å². The van der Waals surface area contributed by atoms with Gasteiger partial charge in [0.05, 0.1) is 5.57 Å². The minimum atomic E-state index is -0.355. The zero-order chi connectivity index (χ0) is 22.8. The second kappa shape index (κ2) is 8.79. The summed E-state index contributed by atoms with van der Waals surface area (Å²) in [5.74, 6) is 0.953. The van der Waals surface area contributed by atoms with Crippen molar-refractivity contribution in [1.29, 1.82) is 0 Å². The standard InChI is InChI=1S/C30H24O3/c1-20-12-14-25(21(2)16-20)29-18-24(30(31)33-29)17-27-26-11-7-6-10-23(26)13-15-28(27)32-19-22-8-4-3-5-9-22/h3-18H,19H2,1-2H3/b24-17+. The fraction of sp³-hybridized carbons (Fsp3) is 0.100. The SMILES string of the molecule is Cc1ccc(C2=C/C(=C\c3c(OCc4ccccc4)ccc4ccccc34)C(=O)O2)c(C)c1. The molecule has 3 nitrogen and oxygen atoms in total. The molecule has 1 heterocycles. The van der Waals surface area contributed by atoms with Crippen molar-refractivity contribution in [3.63, 3.8) is 0 Å². The van der Waals surface area contributed by atoms with Crippen molar-refractivity contribution in [3.05, 3.63) is 124 Å². The molecule has 0 radical (unpaired) electrons. The maximum atomic E-state index is 12.8. The van der Waals surface area contributed by atoms with Crippen LogP contribution in [0.25, 0.3) is 22.6 Å². The Labute approximate surface area is 193 Å². The highest BCUT2D eigenvalue weighted by atomic mass is 16.5. The van der Waals surface area contributed by atoms with Crippen LogP contribution in [0.1, 0.15) is 27.8 Å². The molecular formula is C30H24O3. The molecule has 5 rings (SSSR count). The van der Waals surface area contributed by atoms with Gasteiger partial charge in [0, 0.05) is 11.1 Å². The zero-order valence-corrected chi connectivity index (χ0v) is 18.7. The van der Waals surface area contributed by atoms with Crippen LogP contribution in [-0.2, 0) is 16.1 Å². The fourth-order valence-corrected chi connectivity index (χ4v) is 4.15. The lowest BCUT2D eigenvalue weighted by Crippen LogP contribution is -2.00. The third-order valence-electron chi connectivity index (χ3n) is 5.84. The Kier molecular flexibility index (Phi) is 5.54. The molecule has 162 valence electrons. The average molecular weight is 433 g/mol. The van der Waals surface area contributed by atoms with E-state index in [9.17, 15) is 4.79 Å². The first-order valence-corrected chi connectivity index (χ1v) is 11.0. The van der Waals surface area contributed by atoms with E-state index in [-0.39, 0.29) is 5.97 Å². The number of ether oxygens (including phenoxy) is 2. The molecular weight excluding hydrogens is 408 g/mol. The third-order valence-corrected chi connectivity index (χ3v) is 5.84. The summed E-state index contributed by atoms with van der Waals surface area (Å²) in [7, 11) is 0. The van der Waals surface area contributed by atoms with Gasteiger partial charge in [-0.15, -0.1) is 0 Å². The minimum Gasteiger partial charge on any atom is -0.488 e. The van der Waals surface area contributed by atoms with Crippen molar-refractivity contribution in [1.82, 2.24) is 0 Å². The molecule has 0 atom stereocenters. The second-order valence-corrected chi connectivity index (χ2v) is 8.29. The second-order valence-electron chi connectivity index (χ2n) is 8.29. The van der Waals surface area contributed by atoms with Crippen LogP contribution in [0.5, 0.6) is 5.75 Å². The molecule has 1 aliphatic rings. The topological polar surface area (TPSA) is 35.5 Å². The Morgan fingerprint density at radius 3 is 2.48 bits per heavy atom. The molecule has 0 aromatic heterocycles. The molecule has 33 heavy (non-hydrogen) atoms. The molecule has 0 saturated heterocycles. The van der Waals surface area contributed by atoms with Crippen LogP contribution in [0, 0.1) is 13.8 Å². The van der Waals surface area contributed by atoms with Crippen LogP contribution >= 0.6 is 0 Å². The van der Waals surface area contributed by atoms with Gasteiger partial charge in [-0.05, 0) is 54.0 Å². The summed E-state index contributed by atoms with van der Waals surface area (Å²) >= 11 is 0. The molecule has 0 fully saturated rings. The van der Waals surface area contributed by atoms with E-state index in [4.69, 9.17) is 9.47 Å². The minimum absolute atomic E-state index is 0.355. The van der Waals surface area contributed by atoms with Crippen molar-refractivity contribution in [2.75, 3.05) is 0 Å². The van der Waals surface area contributed by atoms with Gasteiger partial charge >= 0.3 is 5.97 Å². The van der Waals surface area contributed by atoms with E-state index in [1.165, 1.54) is 5.56 Å². The molecule has 0 unspecified atom stereocenters. The smallest absolute Gasteiger partial charge is 0.343 e. The zero-order valence-electron chi connectivity index (χ0n) is 18.7. The lowest BCUT2D eigenvalue weighted by Gasteiger charge is -2.12. The molecule has 0 aliphatic carbocycles. The predicted molar refractivity (Wildman–Crippen MR) is 133 cm³/mol.